The van der Waals surface area contributed by atoms with Gasteiger partial charge in [0.15, 0.2) is 23.6 Å². The van der Waals surface area contributed by atoms with Crippen molar-refractivity contribution in [3.8, 4) is 11.9 Å². The number of amides is 1. The number of carbonyl (C=O) groups is 1. The van der Waals surface area contributed by atoms with Gasteiger partial charge in [0.05, 0.1) is 44.7 Å². The number of fused-ring (bicyclic) bond motifs is 1. The van der Waals surface area contributed by atoms with E-state index in [1.807, 2.05) is 6.07 Å². The number of hydrogen-bond acceptors (Lipinski definition) is 16. The van der Waals surface area contributed by atoms with E-state index in [1.54, 1.807) is 20.8 Å². The van der Waals surface area contributed by atoms with Crippen LogP contribution in [0.5, 0.6) is 5.88 Å². The Balaban J connectivity index is 1.42. The Kier molecular flexibility index (Phi) is 13.0. The van der Waals surface area contributed by atoms with E-state index < -0.39 is 87.6 Å². The normalized spacial score (nSPS) is 28.0. The van der Waals surface area contributed by atoms with E-state index in [1.165, 1.54) is 29.5 Å². The molecule has 1 aliphatic heterocycles. The van der Waals surface area contributed by atoms with Crippen molar-refractivity contribution < 1.29 is 51.3 Å². The summed E-state index contributed by atoms with van der Waals surface area (Å²) < 4.78 is 63.8. The smallest absolute Gasteiger partial charge is 0.327 e. The largest absolute Gasteiger partial charge is 0.471 e. The first-order chi connectivity index (χ1) is 24.3. The van der Waals surface area contributed by atoms with Gasteiger partial charge in [-0.05, 0) is 18.2 Å². The molecule has 1 saturated heterocycles. The Morgan fingerprint density at radius 1 is 1.35 bits per heavy atom. The molecule has 1 amide bonds. The van der Waals surface area contributed by atoms with Gasteiger partial charge in [-0.2, -0.15) is 10.2 Å². The number of nitrogens with one attached hydrogen (secondary N) is 2. The molecule has 3 aromatic rings. The summed E-state index contributed by atoms with van der Waals surface area (Å²) in [6.07, 6.45) is -3.57. The summed E-state index contributed by atoms with van der Waals surface area (Å²) in [6, 6.07) is 3.37. The highest BCUT2D eigenvalue weighted by Gasteiger charge is 2.50. The average molecular weight is 775 g/mol. The van der Waals surface area contributed by atoms with Crippen molar-refractivity contribution >= 4 is 49.8 Å². The quantitative estimate of drug-likeness (QED) is 0.120. The minimum absolute atomic E-state index is 0.0238. The van der Waals surface area contributed by atoms with Gasteiger partial charge >= 0.3 is 15.0 Å². The van der Waals surface area contributed by atoms with Crippen LogP contribution in [0.3, 0.4) is 0 Å². The van der Waals surface area contributed by atoms with Crippen LogP contribution >= 0.6 is 15.0 Å². The summed E-state index contributed by atoms with van der Waals surface area (Å²) in [5.74, 6) is -2.29. The zero-order chi connectivity index (χ0) is 36.9. The van der Waals surface area contributed by atoms with Gasteiger partial charge in [-0.25, -0.2) is 19.3 Å². The molecular formula is C28H37FN8O11P2S. The van der Waals surface area contributed by atoms with Crippen molar-refractivity contribution in [1.29, 1.82) is 5.26 Å². The van der Waals surface area contributed by atoms with Gasteiger partial charge in [0.25, 0.3) is 5.56 Å². The number of ether oxygens (including phenoxy) is 2. The second-order valence-electron chi connectivity index (χ2n) is 12.0. The van der Waals surface area contributed by atoms with Gasteiger partial charge in [-0.3, -0.25) is 29.0 Å². The fraction of sp³-hybridized carbons (Fsp3) is 0.607. The van der Waals surface area contributed by atoms with Gasteiger partial charge in [0.2, 0.25) is 17.7 Å². The molecule has 1 aliphatic carbocycles. The van der Waals surface area contributed by atoms with Crippen molar-refractivity contribution in [2.24, 2.45) is 17.8 Å². The highest BCUT2D eigenvalue weighted by atomic mass is 32.5. The summed E-state index contributed by atoms with van der Waals surface area (Å²) in [5, 5.41) is 21.9. The summed E-state index contributed by atoms with van der Waals surface area (Å²) in [5.41, 5.74) is -0.688. The highest BCUT2D eigenvalue weighted by Crippen LogP contribution is 2.56. The van der Waals surface area contributed by atoms with Crippen LogP contribution in [0.15, 0.2) is 29.7 Å². The van der Waals surface area contributed by atoms with Crippen molar-refractivity contribution in [3.05, 3.63) is 35.3 Å². The third-order valence-corrected chi connectivity index (χ3v) is 11.1. The Morgan fingerprint density at radius 2 is 2.14 bits per heavy atom. The number of aromatic amines is 1. The number of aromatic nitrogens is 6. The molecule has 3 aromatic heterocycles. The number of aliphatic hydroxyl groups excluding tert-OH is 1. The fourth-order valence-corrected chi connectivity index (χ4v) is 8.33. The number of nitriles is 1. The van der Waals surface area contributed by atoms with E-state index in [4.69, 9.17) is 44.6 Å². The number of nitrogens with zero attached hydrogens (tertiary/aromatic N) is 6. The zero-order valence-electron chi connectivity index (χ0n) is 27.5. The number of H-pyrrole nitrogens is 1. The molecule has 0 spiro atoms. The lowest BCUT2D eigenvalue weighted by Gasteiger charge is -2.30. The second kappa shape index (κ2) is 17.0. The summed E-state index contributed by atoms with van der Waals surface area (Å²) >= 11 is 5.78. The Hall–Kier alpha value is -3.28. The SMILES string of the molecule is CC(C)C(=O)Nc1nc2c(ncn2[C@@H]2O[C@H](CO)[C@@H](C)[C@H]2OP(=S)(OCCC#N)OC[C@H]2C[C@@H](Oc3ccncn3)[C@H](F)[C@@H]2O[PH](=O)O)c(=O)[nH]1. The molecule has 10 atom stereocenters. The van der Waals surface area contributed by atoms with E-state index in [-0.39, 0.29) is 49.0 Å². The van der Waals surface area contributed by atoms with Gasteiger partial charge in [0, 0.05) is 30.0 Å². The number of hydrogen-bond donors (Lipinski definition) is 4. The Bertz CT molecular complexity index is 1850. The third-order valence-electron chi connectivity index (χ3n) is 8.25. The molecule has 51 heavy (non-hydrogen) atoms. The van der Waals surface area contributed by atoms with Crippen molar-refractivity contribution in [1.82, 2.24) is 29.5 Å². The number of anilines is 1. The van der Waals surface area contributed by atoms with E-state index in [0.717, 1.165) is 0 Å². The number of rotatable bonds is 16. The molecule has 4 N–H and O–H groups in total. The highest BCUT2D eigenvalue weighted by molar-refractivity contribution is 8.07. The van der Waals surface area contributed by atoms with E-state index in [2.05, 4.69) is 30.2 Å². The van der Waals surface area contributed by atoms with Crippen LogP contribution in [0.2, 0.25) is 0 Å². The average Bonchev–Trinajstić information content (AvgIpc) is 3.74. The molecule has 2 unspecified atom stereocenters. The van der Waals surface area contributed by atoms with Gasteiger partial charge < -0.3 is 37.6 Å². The molecule has 4 heterocycles. The Labute approximate surface area is 296 Å². The van der Waals surface area contributed by atoms with Crippen molar-refractivity contribution in [2.75, 3.05) is 25.1 Å². The number of halogens is 1. The number of alkyl halides is 1. The van der Waals surface area contributed by atoms with Crippen molar-refractivity contribution in [2.45, 2.75) is 70.4 Å². The van der Waals surface area contributed by atoms with Crippen LogP contribution in [0.4, 0.5) is 10.3 Å². The summed E-state index contributed by atoms with van der Waals surface area (Å²) in [6.45, 7) is 0.188. The van der Waals surface area contributed by atoms with Crippen LogP contribution in [0, 0.1) is 29.1 Å². The molecule has 0 bridgehead atoms. The van der Waals surface area contributed by atoms with Crippen LogP contribution in [0.1, 0.15) is 39.8 Å². The topological polar surface area (TPSA) is 255 Å². The maximum atomic E-state index is 15.6. The lowest BCUT2D eigenvalue weighted by atomic mass is 10.0. The lowest BCUT2D eigenvalue weighted by Crippen LogP contribution is -2.32. The molecule has 19 nitrogen and oxygen atoms in total. The first-order valence-corrected chi connectivity index (χ1v) is 19.6. The molecule has 0 radical (unpaired) electrons. The molecule has 278 valence electrons. The number of imidazole rings is 1. The predicted molar refractivity (Wildman–Crippen MR) is 179 cm³/mol. The van der Waals surface area contributed by atoms with Gasteiger partial charge in [0.1, 0.15) is 24.6 Å². The summed E-state index contributed by atoms with van der Waals surface area (Å²) in [7, 11) is -3.59. The zero-order valence-corrected chi connectivity index (χ0v) is 30.2. The maximum absolute atomic E-state index is 15.6. The Morgan fingerprint density at radius 3 is 2.80 bits per heavy atom. The fourth-order valence-electron chi connectivity index (χ4n) is 5.59. The molecule has 23 heteroatoms. The minimum Gasteiger partial charge on any atom is -0.471 e. The van der Waals surface area contributed by atoms with Gasteiger partial charge in [-0.1, -0.05) is 20.8 Å². The molecule has 5 rings (SSSR count). The third kappa shape index (κ3) is 9.21. The number of carbonyl (C=O) groups excluding carboxylic acids is 1. The van der Waals surface area contributed by atoms with E-state index >= 15 is 4.39 Å². The summed E-state index contributed by atoms with van der Waals surface area (Å²) in [4.78, 5) is 53.5. The minimum atomic E-state index is -3.87. The van der Waals surface area contributed by atoms with E-state index in [9.17, 15) is 24.2 Å². The van der Waals surface area contributed by atoms with E-state index in [0.29, 0.717) is 0 Å². The van der Waals surface area contributed by atoms with Gasteiger partial charge in [-0.15, -0.1) is 0 Å². The predicted octanol–water partition coefficient (Wildman–Crippen LogP) is 2.16. The second-order valence-corrected chi connectivity index (χ2v) is 15.8. The number of aliphatic hydroxyl groups is 1. The van der Waals surface area contributed by atoms with Crippen LogP contribution in [-0.2, 0) is 44.0 Å². The standard InChI is InChI=1S/C28H37FN8O11P2S/c1-14(2)25(39)35-28-34-24-21(26(40)36-28)33-13-37(24)27-22(15(3)18(10-38)46-27)48-50(51,43-8-4-6-30)44-11-16-9-17(20(29)23(16)47-49(41)42)45-19-5-7-31-12-32-19/h5,7,12-18,20,22-23,27,38,49H,4,8-11H2,1-3H3,(H,41,42)(H2,34,35,36,39,40)/t15-,16-,17-,18-,20+,22-,23-,27-,50?/m1/s1. The lowest BCUT2D eigenvalue weighted by molar-refractivity contribution is -0.118. The first kappa shape index (κ1) is 38.9. The van der Waals surface area contributed by atoms with Crippen LogP contribution in [0.25, 0.3) is 11.2 Å². The molecule has 2 aliphatic rings. The van der Waals surface area contributed by atoms with Crippen LogP contribution in [-0.4, -0.2) is 95.8 Å². The molecular weight excluding hydrogens is 737 g/mol. The molecule has 1 saturated carbocycles. The van der Waals surface area contributed by atoms with Crippen LogP contribution < -0.4 is 15.6 Å². The first-order valence-electron chi connectivity index (χ1n) is 15.8. The maximum Gasteiger partial charge on any atom is 0.327 e. The monoisotopic (exact) mass is 774 g/mol. The molecule has 2 fully saturated rings. The van der Waals surface area contributed by atoms with Crippen molar-refractivity contribution in [3.63, 3.8) is 0 Å². The molecule has 0 aromatic carbocycles.